The van der Waals surface area contributed by atoms with Crippen LogP contribution in [0.4, 0.5) is 10.5 Å². The van der Waals surface area contributed by atoms with Gasteiger partial charge >= 0.3 is 12.0 Å². The van der Waals surface area contributed by atoms with E-state index in [9.17, 15) is 14.4 Å². The quantitative estimate of drug-likeness (QED) is 0.424. The molecule has 2 aromatic carbocycles. The molecule has 4 aromatic rings. The van der Waals surface area contributed by atoms with E-state index < -0.39 is 24.5 Å². The van der Waals surface area contributed by atoms with Crippen molar-refractivity contribution in [1.82, 2.24) is 20.1 Å². The minimum Gasteiger partial charge on any atom is -0.452 e. The first-order valence-electron chi connectivity index (χ1n) is 11.0. The van der Waals surface area contributed by atoms with Crippen molar-refractivity contribution in [2.24, 2.45) is 7.05 Å². The highest BCUT2D eigenvalue weighted by atomic mass is 16.5. The molecule has 2 aromatic heterocycles. The topological polar surface area (TPSA) is 115 Å². The molecule has 35 heavy (non-hydrogen) atoms. The van der Waals surface area contributed by atoms with Crippen LogP contribution >= 0.6 is 0 Å². The molecule has 0 aliphatic rings. The van der Waals surface area contributed by atoms with Crippen molar-refractivity contribution in [2.75, 3.05) is 11.9 Å². The van der Waals surface area contributed by atoms with Gasteiger partial charge in [0.2, 0.25) is 0 Å². The predicted octanol–water partition coefficient (Wildman–Crippen LogP) is 4.07. The molecule has 2 N–H and O–H groups in total. The highest BCUT2D eigenvalue weighted by Gasteiger charge is 2.21. The Bertz CT molecular complexity index is 1440. The molecule has 178 valence electrons. The van der Waals surface area contributed by atoms with Crippen LogP contribution in [0.1, 0.15) is 27.2 Å². The third-order valence-corrected chi connectivity index (χ3v) is 5.48. The summed E-state index contributed by atoms with van der Waals surface area (Å²) in [7, 11) is 1.74. The first kappa shape index (κ1) is 23.6. The summed E-state index contributed by atoms with van der Waals surface area (Å²) in [5.74, 6) is -1.47. The largest absolute Gasteiger partial charge is 0.452 e. The van der Waals surface area contributed by atoms with Crippen molar-refractivity contribution in [2.45, 2.75) is 20.8 Å². The molecule has 3 amide bonds. The fourth-order valence-corrected chi connectivity index (χ4v) is 3.84. The number of pyridine rings is 1. The molecule has 2 heterocycles. The third kappa shape index (κ3) is 5.19. The monoisotopic (exact) mass is 471 g/mol. The van der Waals surface area contributed by atoms with Crippen molar-refractivity contribution in [3.8, 4) is 11.3 Å². The Balaban J connectivity index is 1.48. The summed E-state index contributed by atoms with van der Waals surface area (Å²) in [6.45, 7) is 4.95. The highest BCUT2D eigenvalue weighted by molar-refractivity contribution is 6.06. The van der Waals surface area contributed by atoms with E-state index in [0.717, 1.165) is 16.7 Å². The zero-order chi connectivity index (χ0) is 25.1. The maximum absolute atomic E-state index is 13.0. The number of aryl methyl sites for hydroxylation is 4. The molecule has 4 rings (SSSR count). The number of rotatable bonds is 5. The van der Waals surface area contributed by atoms with Crippen molar-refractivity contribution in [3.05, 3.63) is 77.0 Å². The number of carbonyl (C=O) groups excluding carboxylic acids is 3. The Kier molecular flexibility index (Phi) is 6.59. The smallest absolute Gasteiger partial charge is 0.339 e. The lowest BCUT2D eigenvalue weighted by Crippen LogP contribution is -2.37. The van der Waals surface area contributed by atoms with Gasteiger partial charge in [-0.05, 0) is 38.5 Å². The van der Waals surface area contributed by atoms with Gasteiger partial charge in [0, 0.05) is 18.3 Å². The molecule has 0 fully saturated rings. The molecule has 9 heteroatoms. The van der Waals surface area contributed by atoms with E-state index in [-0.39, 0.29) is 5.56 Å². The van der Waals surface area contributed by atoms with Gasteiger partial charge in [-0.1, -0.05) is 48.0 Å². The zero-order valence-corrected chi connectivity index (χ0v) is 19.9. The summed E-state index contributed by atoms with van der Waals surface area (Å²) in [6.07, 6.45) is 0. The molecule has 0 saturated carbocycles. The summed E-state index contributed by atoms with van der Waals surface area (Å²) in [4.78, 5) is 42.1. The number of urea groups is 1. The lowest BCUT2D eigenvalue weighted by Gasteiger charge is -2.11. The predicted molar refractivity (Wildman–Crippen MR) is 132 cm³/mol. The molecular weight excluding hydrogens is 446 g/mol. The fourth-order valence-electron chi connectivity index (χ4n) is 3.84. The van der Waals surface area contributed by atoms with Gasteiger partial charge in [-0.15, -0.1) is 0 Å². The number of nitrogens with one attached hydrogen (secondary N) is 2. The lowest BCUT2D eigenvalue weighted by atomic mass is 10.1. The van der Waals surface area contributed by atoms with Crippen LogP contribution in [0.5, 0.6) is 0 Å². The third-order valence-electron chi connectivity index (χ3n) is 5.48. The Morgan fingerprint density at radius 2 is 1.74 bits per heavy atom. The molecule has 0 spiro atoms. The molecular formula is C26H25N5O4. The van der Waals surface area contributed by atoms with Gasteiger partial charge in [-0.2, -0.15) is 5.10 Å². The summed E-state index contributed by atoms with van der Waals surface area (Å²) in [5.41, 5.74) is 5.27. The van der Waals surface area contributed by atoms with Gasteiger partial charge in [0.25, 0.3) is 5.91 Å². The number of carbonyl (C=O) groups is 3. The van der Waals surface area contributed by atoms with Crippen LogP contribution in [-0.2, 0) is 16.6 Å². The Morgan fingerprint density at radius 3 is 2.46 bits per heavy atom. The van der Waals surface area contributed by atoms with Crippen molar-refractivity contribution in [1.29, 1.82) is 0 Å². The van der Waals surface area contributed by atoms with Gasteiger partial charge in [-0.3, -0.25) is 14.8 Å². The van der Waals surface area contributed by atoms with E-state index in [1.54, 1.807) is 30.8 Å². The number of hydrogen-bond donors (Lipinski definition) is 2. The van der Waals surface area contributed by atoms with Gasteiger partial charge in [0.05, 0.1) is 22.3 Å². The number of aromatic nitrogens is 3. The number of amides is 3. The lowest BCUT2D eigenvalue weighted by molar-refractivity contribution is -0.123. The molecule has 0 unspecified atom stereocenters. The van der Waals surface area contributed by atoms with E-state index in [1.807, 2.05) is 56.3 Å². The molecule has 0 aliphatic carbocycles. The summed E-state index contributed by atoms with van der Waals surface area (Å²) >= 11 is 0. The first-order valence-corrected chi connectivity index (χ1v) is 11.0. The van der Waals surface area contributed by atoms with E-state index >= 15 is 0 Å². The number of benzene rings is 2. The Morgan fingerprint density at radius 1 is 1.00 bits per heavy atom. The number of ether oxygens (including phenoxy) is 1. The Hall–Kier alpha value is -4.53. The van der Waals surface area contributed by atoms with Crippen LogP contribution < -0.4 is 10.6 Å². The molecule has 0 saturated heterocycles. The number of hydrogen-bond acceptors (Lipinski definition) is 6. The molecule has 0 aliphatic heterocycles. The average Bonchev–Trinajstić information content (AvgIpc) is 3.12. The minimum absolute atomic E-state index is 0.243. The van der Waals surface area contributed by atoms with Gasteiger partial charge < -0.3 is 10.1 Å². The van der Waals surface area contributed by atoms with Crippen LogP contribution in [0.25, 0.3) is 22.3 Å². The summed E-state index contributed by atoms with van der Waals surface area (Å²) in [5, 5.41) is 9.70. The highest BCUT2D eigenvalue weighted by Crippen LogP contribution is 2.27. The minimum atomic E-state index is -0.753. The number of fused-ring (bicyclic) bond motifs is 1. The van der Waals surface area contributed by atoms with E-state index in [1.165, 1.54) is 0 Å². The number of esters is 1. The van der Waals surface area contributed by atoms with Crippen LogP contribution in [-0.4, -0.2) is 39.3 Å². The average molecular weight is 472 g/mol. The van der Waals surface area contributed by atoms with E-state index in [2.05, 4.69) is 20.7 Å². The van der Waals surface area contributed by atoms with Gasteiger partial charge in [-0.25, -0.2) is 14.6 Å². The summed E-state index contributed by atoms with van der Waals surface area (Å²) in [6, 6.07) is 15.8. The van der Waals surface area contributed by atoms with Crippen LogP contribution in [0.2, 0.25) is 0 Å². The second-order valence-corrected chi connectivity index (χ2v) is 8.23. The zero-order valence-electron chi connectivity index (χ0n) is 19.9. The maximum Gasteiger partial charge on any atom is 0.339 e. The Labute approximate surface area is 202 Å². The van der Waals surface area contributed by atoms with Gasteiger partial charge in [0.15, 0.2) is 12.3 Å². The summed E-state index contributed by atoms with van der Waals surface area (Å²) < 4.78 is 6.84. The van der Waals surface area contributed by atoms with E-state index in [0.29, 0.717) is 28.1 Å². The van der Waals surface area contributed by atoms with Crippen molar-refractivity contribution >= 4 is 34.6 Å². The number of nitrogens with zero attached hydrogens (tertiary/aromatic N) is 3. The van der Waals surface area contributed by atoms with E-state index in [4.69, 9.17) is 4.74 Å². The van der Waals surface area contributed by atoms with Gasteiger partial charge in [0.1, 0.15) is 0 Å². The van der Waals surface area contributed by atoms with Crippen LogP contribution in [0, 0.1) is 20.8 Å². The molecule has 9 nitrogen and oxygen atoms in total. The number of imide groups is 1. The van der Waals surface area contributed by atoms with Crippen LogP contribution in [0.15, 0.2) is 54.6 Å². The van der Waals surface area contributed by atoms with Crippen molar-refractivity contribution < 1.29 is 19.1 Å². The second kappa shape index (κ2) is 9.76. The first-order chi connectivity index (χ1) is 16.7. The maximum atomic E-state index is 13.0. The SMILES string of the molecule is Cc1ccc(NC(=O)NC(=O)COC(=O)c2cc(-c3ccccc3)nc3c2c(C)nn3C)c(C)c1. The van der Waals surface area contributed by atoms with Crippen molar-refractivity contribution in [3.63, 3.8) is 0 Å². The second-order valence-electron chi connectivity index (χ2n) is 8.23. The molecule has 0 atom stereocenters. The molecule has 0 radical (unpaired) electrons. The standard InChI is InChI=1S/C26H25N5O4/c1-15-10-11-20(16(2)12-15)28-26(34)29-22(32)14-35-25(33)19-13-21(18-8-6-5-7-9-18)27-24-23(19)17(3)30-31(24)4/h5-13H,14H2,1-4H3,(H2,28,29,32,34). The fraction of sp³-hybridized carbons (Fsp3) is 0.192. The normalized spacial score (nSPS) is 10.7. The van der Waals surface area contributed by atoms with Crippen LogP contribution in [0.3, 0.4) is 0 Å². The molecule has 0 bridgehead atoms. The number of anilines is 1.